The van der Waals surface area contributed by atoms with Gasteiger partial charge in [0.2, 0.25) is 11.7 Å². The lowest BCUT2D eigenvalue weighted by Gasteiger charge is -2.48. The van der Waals surface area contributed by atoms with Crippen LogP contribution in [0.2, 0.25) is 0 Å². The van der Waals surface area contributed by atoms with E-state index in [1.54, 1.807) is 18.3 Å². The van der Waals surface area contributed by atoms with Crippen LogP contribution in [0.1, 0.15) is 37.7 Å². The Balaban J connectivity index is 1.63. The highest BCUT2D eigenvalue weighted by Crippen LogP contribution is 2.34. The molecule has 5 rings (SSSR count). The molecule has 0 aromatic carbocycles. The molecule has 2 aliphatic rings. The number of halogens is 2. The average molecular weight is 457 g/mol. The summed E-state index contributed by atoms with van der Waals surface area (Å²) < 4.78 is 29.3. The molecule has 174 valence electrons. The lowest BCUT2D eigenvalue weighted by Crippen LogP contribution is -2.59. The molecule has 9 nitrogen and oxygen atoms in total. The van der Waals surface area contributed by atoms with Gasteiger partial charge in [0.1, 0.15) is 0 Å². The Bertz CT molecular complexity index is 1190. The Morgan fingerprint density at radius 3 is 2.64 bits per heavy atom. The Labute approximate surface area is 189 Å². The maximum absolute atomic E-state index is 13.9. The van der Waals surface area contributed by atoms with Crippen LogP contribution in [0.15, 0.2) is 24.5 Å². The third-order valence-corrected chi connectivity index (χ3v) is 6.60. The van der Waals surface area contributed by atoms with E-state index in [0.717, 1.165) is 44.1 Å². The summed E-state index contributed by atoms with van der Waals surface area (Å²) in [4.78, 5) is 28.4. The van der Waals surface area contributed by atoms with Crippen molar-refractivity contribution in [3.8, 4) is 5.82 Å². The van der Waals surface area contributed by atoms with Crippen LogP contribution >= 0.6 is 0 Å². The molecule has 11 heteroatoms. The number of hydrogen-bond donors (Lipinski definition) is 1. The first-order chi connectivity index (χ1) is 15.7. The molecule has 2 N–H and O–H groups in total. The number of fused-ring (bicyclic) bond motifs is 3. The molecule has 3 aromatic heterocycles. The summed E-state index contributed by atoms with van der Waals surface area (Å²) in [7, 11) is 2.17. The van der Waals surface area contributed by atoms with Crippen LogP contribution in [-0.2, 0) is 17.1 Å². The van der Waals surface area contributed by atoms with Crippen molar-refractivity contribution in [2.45, 2.75) is 50.6 Å². The Morgan fingerprint density at radius 2 is 1.97 bits per heavy atom. The van der Waals surface area contributed by atoms with Crippen LogP contribution in [0, 0.1) is 0 Å². The van der Waals surface area contributed by atoms with E-state index in [0.29, 0.717) is 23.3 Å². The second kappa shape index (κ2) is 7.98. The van der Waals surface area contributed by atoms with Gasteiger partial charge >= 0.3 is 5.92 Å². The fraction of sp³-hybridized carbons (Fsp3) is 0.500. The van der Waals surface area contributed by atoms with Crippen LogP contribution < -0.4 is 10.6 Å². The van der Waals surface area contributed by atoms with Gasteiger partial charge in [-0.15, -0.1) is 5.10 Å². The van der Waals surface area contributed by atoms with Gasteiger partial charge in [-0.2, -0.15) is 8.78 Å². The third kappa shape index (κ3) is 4.01. The summed E-state index contributed by atoms with van der Waals surface area (Å²) in [5.41, 5.74) is 6.46. The molecule has 2 atom stereocenters. The number of alkyl halides is 2. The number of hydrogen-bond acceptors (Lipinski definition) is 7. The summed E-state index contributed by atoms with van der Waals surface area (Å²) in [6, 6.07) is 4.13. The van der Waals surface area contributed by atoms with Gasteiger partial charge in [0.15, 0.2) is 11.6 Å². The topological polar surface area (TPSA) is 106 Å². The molecule has 33 heavy (non-hydrogen) atoms. The fourth-order valence-corrected chi connectivity index (χ4v) is 4.89. The predicted molar refractivity (Wildman–Crippen MR) is 118 cm³/mol. The third-order valence-electron chi connectivity index (χ3n) is 6.60. The molecule has 2 fully saturated rings. The molecule has 2 bridgehead atoms. The zero-order valence-corrected chi connectivity index (χ0v) is 18.6. The first-order valence-electron chi connectivity index (χ1n) is 11.1. The van der Waals surface area contributed by atoms with Gasteiger partial charge < -0.3 is 10.6 Å². The van der Waals surface area contributed by atoms with E-state index in [1.807, 2.05) is 0 Å². The number of nitrogens with zero attached hydrogens (tertiary/aromatic N) is 7. The molecule has 0 saturated carbocycles. The minimum atomic E-state index is -3.19. The number of carbonyl (C=O) groups excluding carboxylic acids is 1. The van der Waals surface area contributed by atoms with Gasteiger partial charge in [-0.1, -0.05) is 6.42 Å². The van der Waals surface area contributed by atoms with Crippen molar-refractivity contribution in [2.75, 3.05) is 25.0 Å². The number of nitrogens with two attached hydrogens (primary N) is 1. The maximum atomic E-state index is 13.9. The van der Waals surface area contributed by atoms with E-state index < -0.39 is 17.7 Å². The van der Waals surface area contributed by atoms with Gasteiger partial charge in [-0.05, 0) is 26.0 Å². The molecular weight excluding hydrogens is 430 g/mol. The maximum Gasteiger partial charge on any atom is 0.303 e. The minimum absolute atomic E-state index is 0.0306. The highest BCUT2D eigenvalue weighted by atomic mass is 19.3. The number of piperazine rings is 1. The van der Waals surface area contributed by atoms with Crippen molar-refractivity contribution in [2.24, 2.45) is 5.73 Å². The molecule has 2 aliphatic heterocycles. The van der Waals surface area contributed by atoms with E-state index in [-0.39, 0.29) is 12.2 Å². The Hall–Kier alpha value is -3.21. The number of carbonyl (C=O) groups is 1. The number of anilines is 1. The van der Waals surface area contributed by atoms with Crippen LogP contribution in [0.4, 0.5) is 14.6 Å². The van der Waals surface area contributed by atoms with Crippen molar-refractivity contribution in [1.82, 2.24) is 29.6 Å². The van der Waals surface area contributed by atoms with Crippen LogP contribution in [-0.4, -0.2) is 67.8 Å². The monoisotopic (exact) mass is 456 g/mol. The number of amides is 1. The van der Waals surface area contributed by atoms with Crippen molar-refractivity contribution in [1.29, 1.82) is 0 Å². The quantitative estimate of drug-likeness (QED) is 0.626. The molecular formula is C22H26F2N8O. The number of likely N-dealkylation sites (N-methyl/N-ethyl adjacent to an activating group) is 1. The summed E-state index contributed by atoms with van der Waals surface area (Å²) in [6.07, 6.45) is 6.42. The van der Waals surface area contributed by atoms with Crippen molar-refractivity contribution < 1.29 is 13.6 Å². The second-order valence-electron chi connectivity index (χ2n) is 9.01. The Morgan fingerprint density at radius 1 is 1.24 bits per heavy atom. The first kappa shape index (κ1) is 21.6. The van der Waals surface area contributed by atoms with E-state index >= 15 is 0 Å². The van der Waals surface area contributed by atoms with Crippen molar-refractivity contribution >= 4 is 22.6 Å². The van der Waals surface area contributed by atoms with Crippen LogP contribution in [0.3, 0.4) is 0 Å². The molecule has 2 unspecified atom stereocenters. The summed E-state index contributed by atoms with van der Waals surface area (Å²) in [5.74, 6) is -3.31. The number of rotatable bonds is 5. The molecule has 5 heterocycles. The van der Waals surface area contributed by atoms with Crippen LogP contribution in [0.5, 0.6) is 0 Å². The van der Waals surface area contributed by atoms with Crippen LogP contribution in [0.25, 0.3) is 16.7 Å². The SMILES string of the molecule is CN1C2CCCC1CN(c1nn(-c3ccnc(C(C)(F)F)n3)c3cc(CC(N)=O)ncc13)C2. The number of primary amides is 1. The lowest BCUT2D eigenvalue weighted by molar-refractivity contribution is -0.117. The average Bonchev–Trinajstić information content (AvgIpc) is 3.11. The first-order valence-corrected chi connectivity index (χ1v) is 11.1. The predicted octanol–water partition coefficient (Wildman–Crippen LogP) is 2.02. The molecule has 0 radical (unpaired) electrons. The van der Waals surface area contributed by atoms with Gasteiger partial charge in [0, 0.05) is 50.6 Å². The van der Waals surface area contributed by atoms with E-state index in [2.05, 4.69) is 31.8 Å². The standard InChI is InChI=1S/C22H26F2N8O/c1-22(23,24)21-26-7-6-19(28-21)32-17-8-13(9-18(25)33)27-10-16(17)20(29-32)31-11-14-4-3-5-15(12-31)30(14)2/h6-8,10,14-15H,3-5,9,11-12H2,1-2H3,(H2,25,33). The molecule has 3 aromatic rings. The molecule has 0 spiro atoms. The number of piperidine rings is 1. The smallest absolute Gasteiger partial charge is 0.303 e. The normalized spacial score (nSPS) is 21.5. The second-order valence-corrected chi connectivity index (χ2v) is 9.01. The van der Waals surface area contributed by atoms with Crippen molar-refractivity contribution in [3.05, 3.63) is 36.0 Å². The van der Waals surface area contributed by atoms with Crippen molar-refractivity contribution in [3.63, 3.8) is 0 Å². The highest BCUT2D eigenvalue weighted by molar-refractivity contribution is 5.92. The number of aromatic nitrogens is 5. The molecule has 0 aliphatic carbocycles. The lowest BCUT2D eigenvalue weighted by atomic mass is 9.92. The van der Waals surface area contributed by atoms with Gasteiger partial charge in [0.25, 0.3) is 0 Å². The molecule has 2 saturated heterocycles. The van der Waals surface area contributed by atoms with E-state index in [1.165, 1.54) is 17.3 Å². The van der Waals surface area contributed by atoms with Gasteiger partial charge in [-0.25, -0.2) is 14.6 Å². The summed E-state index contributed by atoms with van der Waals surface area (Å²) in [5, 5.41) is 5.58. The van der Waals surface area contributed by atoms with E-state index in [9.17, 15) is 13.6 Å². The molecule has 1 amide bonds. The van der Waals surface area contributed by atoms with Gasteiger partial charge in [-0.3, -0.25) is 14.7 Å². The van der Waals surface area contributed by atoms with Gasteiger partial charge in [0.05, 0.1) is 23.0 Å². The summed E-state index contributed by atoms with van der Waals surface area (Å²) >= 11 is 0. The van der Waals surface area contributed by atoms with E-state index in [4.69, 9.17) is 10.8 Å². The summed E-state index contributed by atoms with van der Waals surface area (Å²) in [6.45, 7) is 2.41. The fourth-order valence-electron chi connectivity index (χ4n) is 4.89. The highest BCUT2D eigenvalue weighted by Gasteiger charge is 2.36. The Kier molecular flexibility index (Phi) is 5.23. The number of pyridine rings is 1. The zero-order valence-electron chi connectivity index (χ0n) is 18.6. The minimum Gasteiger partial charge on any atom is -0.369 e. The largest absolute Gasteiger partial charge is 0.369 e. The zero-order chi connectivity index (χ0) is 23.3.